The Labute approximate surface area is 194 Å². The smallest absolute Gasteiger partial charge is 0.265 e. The average Bonchev–Trinajstić information content (AvgIpc) is 3.32. The summed E-state index contributed by atoms with van der Waals surface area (Å²) in [7, 11) is 0. The molecule has 7 heteroatoms. The van der Waals surface area contributed by atoms with Gasteiger partial charge in [-0.25, -0.2) is 4.98 Å². The summed E-state index contributed by atoms with van der Waals surface area (Å²) in [6.07, 6.45) is 0.762. The molecule has 0 saturated carbocycles. The molecule has 2 aromatic carbocycles. The summed E-state index contributed by atoms with van der Waals surface area (Å²) < 4.78 is 0. The molecule has 0 unspecified atom stereocenters. The molecule has 4 rings (SSSR count). The van der Waals surface area contributed by atoms with E-state index in [-0.39, 0.29) is 30.7 Å². The van der Waals surface area contributed by atoms with E-state index in [1.165, 1.54) is 22.5 Å². The molecule has 0 radical (unpaired) electrons. The van der Waals surface area contributed by atoms with Gasteiger partial charge in [0.05, 0.1) is 10.7 Å². The van der Waals surface area contributed by atoms with Gasteiger partial charge >= 0.3 is 0 Å². The van der Waals surface area contributed by atoms with Crippen molar-refractivity contribution < 1.29 is 4.79 Å². The zero-order valence-electron chi connectivity index (χ0n) is 16.9. The van der Waals surface area contributed by atoms with Gasteiger partial charge < -0.3 is 10.6 Å². The highest BCUT2D eigenvalue weighted by Crippen LogP contribution is 2.34. The predicted octanol–water partition coefficient (Wildman–Crippen LogP) is 4.70. The molecule has 160 valence electrons. The van der Waals surface area contributed by atoms with Crippen molar-refractivity contribution in [2.24, 2.45) is 11.7 Å². The van der Waals surface area contributed by atoms with E-state index in [2.05, 4.69) is 41.4 Å². The van der Waals surface area contributed by atoms with Crippen molar-refractivity contribution in [3.05, 3.63) is 87.4 Å². The van der Waals surface area contributed by atoms with Crippen LogP contribution in [0, 0.1) is 12.8 Å². The Hall–Kier alpha value is -1.92. The summed E-state index contributed by atoms with van der Waals surface area (Å²) >= 11 is 1.52. The van der Waals surface area contributed by atoms with Crippen LogP contribution >= 0.6 is 36.2 Å². The molecular weight excluding hydrogens is 437 g/mol. The standard InChI is InChI=1S/C23H25N3OS.2ClH/c1-16-22(28-21(25-16)12-17-8-4-2-5-9-17)23(27)26-14-19(13-24)20(15-26)18-10-6-3-7-11-18;;/h2-11,19-20H,12-15,24H2,1H3;2*1H/t19-,20+;;/m1../s1. The van der Waals surface area contributed by atoms with Crippen molar-refractivity contribution >= 4 is 42.1 Å². The number of likely N-dealkylation sites (tertiary alicyclic amines) is 1. The maximum absolute atomic E-state index is 13.2. The van der Waals surface area contributed by atoms with Gasteiger partial charge in [0.1, 0.15) is 4.88 Å². The minimum atomic E-state index is 0. The Morgan fingerprint density at radius 2 is 1.70 bits per heavy atom. The number of nitrogens with two attached hydrogens (primary N) is 1. The number of carbonyl (C=O) groups is 1. The van der Waals surface area contributed by atoms with Gasteiger partial charge in [-0.15, -0.1) is 36.2 Å². The van der Waals surface area contributed by atoms with Crippen molar-refractivity contribution in [1.82, 2.24) is 9.88 Å². The maximum Gasteiger partial charge on any atom is 0.265 e. The van der Waals surface area contributed by atoms with E-state index >= 15 is 0 Å². The minimum Gasteiger partial charge on any atom is -0.337 e. The van der Waals surface area contributed by atoms with E-state index in [1.54, 1.807) is 0 Å². The van der Waals surface area contributed by atoms with Gasteiger partial charge in [-0.2, -0.15) is 0 Å². The van der Waals surface area contributed by atoms with Gasteiger partial charge in [0.25, 0.3) is 5.91 Å². The lowest BCUT2D eigenvalue weighted by Crippen LogP contribution is -2.29. The van der Waals surface area contributed by atoms with Crippen LogP contribution in [-0.4, -0.2) is 35.4 Å². The second kappa shape index (κ2) is 10.9. The lowest BCUT2D eigenvalue weighted by Gasteiger charge is -2.16. The molecular formula is C23H27Cl2N3OS. The van der Waals surface area contributed by atoms with E-state index in [4.69, 9.17) is 5.73 Å². The molecule has 1 aromatic heterocycles. The molecule has 0 bridgehead atoms. The predicted molar refractivity (Wildman–Crippen MR) is 128 cm³/mol. The van der Waals surface area contributed by atoms with Gasteiger partial charge in [0.15, 0.2) is 0 Å². The summed E-state index contributed by atoms with van der Waals surface area (Å²) in [5.74, 6) is 0.682. The molecule has 1 fully saturated rings. The molecule has 1 aliphatic heterocycles. The van der Waals surface area contributed by atoms with Crippen LogP contribution in [0.4, 0.5) is 0 Å². The van der Waals surface area contributed by atoms with Crippen molar-refractivity contribution in [2.75, 3.05) is 19.6 Å². The number of thiazole rings is 1. The van der Waals surface area contributed by atoms with E-state index in [0.717, 1.165) is 28.5 Å². The Balaban J connectivity index is 0.00000160. The molecule has 30 heavy (non-hydrogen) atoms. The van der Waals surface area contributed by atoms with E-state index in [0.29, 0.717) is 24.9 Å². The average molecular weight is 464 g/mol. The Bertz CT molecular complexity index is 950. The summed E-state index contributed by atoms with van der Waals surface area (Å²) in [6.45, 7) is 3.95. The van der Waals surface area contributed by atoms with Crippen LogP contribution in [0.5, 0.6) is 0 Å². The quantitative estimate of drug-likeness (QED) is 0.596. The third-order valence-corrected chi connectivity index (χ3v) is 6.64. The SMILES string of the molecule is Cc1nc(Cc2ccccc2)sc1C(=O)N1C[C@@H](CN)[C@H](c2ccccc2)C1.Cl.Cl. The number of halogens is 2. The van der Waals surface area contributed by atoms with Gasteiger partial charge in [0, 0.05) is 25.4 Å². The first-order valence-corrected chi connectivity index (χ1v) is 10.5. The number of aromatic nitrogens is 1. The number of aryl methyl sites for hydroxylation is 1. The van der Waals surface area contributed by atoms with Crippen LogP contribution < -0.4 is 5.73 Å². The molecule has 1 amide bonds. The number of nitrogens with zero attached hydrogens (tertiary/aromatic N) is 2. The molecule has 4 nitrogen and oxygen atoms in total. The second-order valence-electron chi connectivity index (χ2n) is 7.41. The van der Waals surface area contributed by atoms with Crippen LogP contribution in [-0.2, 0) is 6.42 Å². The zero-order valence-corrected chi connectivity index (χ0v) is 19.3. The number of hydrogen-bond donors (Lipinski definition) is 1. The normalized spacial score (nSPS) is 17.9. The zero-order chi connectivity index (χ0) is 19.5. The summed E-state index contributed by atoms with van der Waals surface area (Å²) in [5, 5.41) is 0.987. The fourth-order valence-corrected chi connectivity index (χ4v) is 5.06. The van der Waals surface area contributed by atoms with Crippen LogP contribution in [0.25, 0.3) is 0 Å². The molecule has 0 spiro atoms. The number of amides is 1. The monoisotopic (exact) mass is 463 g/mol. The number of carbonyl (C=O) groups excluding carboxylic acids is 1. The summed E-state index contributed by atoms with van der Waals surface area (Å²) in [4.78, 5) is 20.6. The van der Waals surface area contributed by atoms with E-state index in [9.17, 15) is 4.79 Å². The Morgan fingerprint density at radius 3 is 2.33 bits per heavy atom. The molecule has 3 aromatic rings. The van der Waals surface area contributed by atoms with E-state index < -0.39 is 0 Å². The highest BCUT2D eigenvalue weighted by atomic mass is 35.5. The number of hydrogen-bond acceptors (Lipinski definition) is 4. The second-order valence-corrected chi connectivity index (χ2v) is 8.49. The third kappa shape index (κ3) is 5.22. The van der Waals surface area contributed by atoms with E-state index in [1.807, 2.05) is 36.1 Å². The highest BCUT2D eigenvalue weighted by molar-refractivity contribution is 7.13. The molecule has 2 N–H and O–H groups in total. The highest BCUT2D eigenvalue weighted by Gasteiger charge is 2.36. The number of benzene rings is 2. The Morgan fingerprint density at radius 1 is 1.07 bits per heavy atom. The van der Waals surface area contributed by atoms with Gasteiger partial charge in [0.2, 0.25) is 0 Å². The third-order valence-electron chi connectivity index (χ3n) is 5.49. The fourth-order valence-electron chi connectivity index (χ4n) is 3.99. The molecule has 2 atom stereocenters. The Kier molecular flexibility index (Phi) is 8.86. The lowest BCUT2D eigenvalue weighted by atomic mass is 9.89. The summed E-state index contributed by atoms with van der Waals surface area (Å²) in [5.41, 5.74) is 9.34. The molecule has 1 saturated heterocycles. The molecule has 2 heterocycles. The van der Waals surface area contributed by atoms with Crippen LogP contribution in [0.2, 0.25) is 0 Å². The van der Waals surface area contributed by atoms with Crippen molar-refractivity contribution in [1.29, 1.82) is 0 Å². The molecule has 1 aliphatic rings. The minimum absolute atomic E-state index is 0. The molecule has 0 aliphatic carbocycles. The summed E-state index contributed by atoms with van der Waals surface area (Å²) in [6, 6.07) is 20.7. The maximum atomic E-state index is 13.2. The first-order valence-electron chi connectivity index (χ1n) is 9.70. The topological polar surface area (TPSA) is 59.2 Å². The first kappa shape index (κ1) is 24.4. The van der Waals surface area contributed by atoms with Gasteiger partial charge in [-0.05, 0) is 30.5 Å². The lowest BCUT2D eigenvalue weighted by molar-refractivity contribution is 0.0790. The van der Waals surface area contributed by atoms with Crippen LogP contribution in [0.15, 0.2) is 60.7 Å². The van der Waals surface area contributed by atoms with Crippen molar-refractivity contribution in [3.63, 3.8) is 0 Å². The van der Waals surface area contributed by atoms with Crippen molar-refractivity contribution in [3.8, 4) is 0 Å². The largest absolute Gasteiger partial charge is 0.337 e. The van der Waals surface area contributed by atoms with Gasteiger partial charge in [-0.3, -0.25) is 4.79 Å². The van der Waals surface area contributed by atoms with Crippen molar-refractivity contribution in [2.45, 2.75) is 19.3 Å². The number of rotatable bonds is 5. The first-order chi connectivity index (χ1) is 13.7. The van der Waals surface area contributed by atoms with Crippen LogP contribution in [0.3, 0.4) is 0 Å². The van der Waals surface area contributed by atoms with Crippen LogP contribution in [0.1, 0.15) is 37.4 Å². The van der Waals surface area contributed by atoms with Gasteiger partial charge in [-0.1, -0.05) is 60.7 Å². The fraction of sp³-hybridized carbons (Fsp3) is 0.304.